The lowest BCUT2D eigenvalue weighted by molar-refractivity contribution is -0.144. The Hall–Kier alpha value is -6.25. The van der Waals surface area contributed by atoms with Crippen LogP contribution in [-0.2, 0) is 20.9 Å². The number of hydrogen-bond donors (Lipinski definition) is 5. The van der Waals surface area contributed by atoms with Gasteiger partial charge in [0, 0.05) is 79.0 Å². The van der Waals surface area contributed by atoms with Crippen LogP contribution < -0.4 is 26.4 Å². The number of nitrogens with zero attached hydrogens (tertiary/aromatic N) is 6. The van der Waals surface area contributed by atoms with Gasteiger partial charge in [-0.15, -0.1) is 21.5 Å². The van der Waals surface area contributed by atoms with Crippen molar-refractivity contribution < 1.29 is 38.2 Å². The molecule has 0 radical (unpaired) electrons. The molecule has 3 aromatic carbocycles. The summed E-state index contributed by atoms with van der Waals surface area (Å²) in [6, 6.07) is 17.2. The van der Waals surface area contributed by atoms with E-state index in [0.29, 0.717) is 30.8 Å². The van der Waals surface area contributed by atoms with Gasteiger partial charge in [0.05, 0.1) is 27.2 Å². The Balaban J connectivity index is 0.740. The first kappa shape index (κ1) is 63.3. The molecule has 6 N–H and O–H groups in total. The number of nitrogens with one attached hydrogen (secondary N) is 3. The van der Waals surface area contributed by atoms with Crippen molar-refractivity contribution in [1.82, 2.24) is 40.5 Å². The van der Waals surface area contributed by atoms with Crippen molar-refractivity contribution in [3.63, 3.8) is 0 Å². The maximum absolute atomic E-state index is 14.2. The highest BCUT2D eigenvalue weighted by Gasteiger charge is 2.44. The summed E-state index contributed by atoms with van der Waals surface area (Å²) in [4.78, 5) is 78.9. The molecule has 2 saturated heterocycles. The number of thiazole rings is 1. The number of unbranched alkanes of at least 4 members (excludes halogenated alkanes) is 9. The minimum absolute atomic E-state index is 0.0289. The third-order valence-corrected chi connectivity index (χ3v) is 17.1. The molecule has 2 aliphatic heterocycles. The van der Waals surface area contributed by atoms with E-state index in [-0.39, 0.29) is 88.1 Å². The van der Waals surface area contributed by atoms with Crippen LogP contribution in [0, 0.1) is 18.2 Å². The predicted molar refractivity (Wildman–Crippen MR) is 320 cm³/mol. The number of aryl methyl sites for hydroxylation is 1. The number of amides is 5. The second-order valence-corrected chi connectivity index (χ2v) is 24.5. The molecule has 21 heteroatoms. The summed E-state index contributed by atoms with van der Waals surface area (Å²) in [6.07, 6.45) is 9.46. The van der Waals surface area contributed by atoms with E-state index >= 15 is 0 Å². The zero-order valence-corrected chi connectivity index (χ0v) is 50.4. The average Bonchev–Trinajstić information content (AvgIpc) is 4.18. The third kappa shape index (κ3) is 17.0. The van der Waals surface area contributed by atoms with E-state index in [4.69, 9.17) is 33.7 Å². The van der Waals surface area contributed by atoms with E-state index in [9.17, 15) is 33.5 Å². The van der Waals surface area contributed by atoms with Gasteiger partial charge in [-0.25, -0.2) is 9.37 Å². The van der Waals surface area contributed by atoms with Gasteiger partial charge in [-0.05, 0) is 100 Å². The Bertz CT molecular complexity index is 2990. The summed E-state index contributed by atoms with van der Waals surface area (Å²) < 4.78 is 20.1. The molecule has 7 rings (SSSR count). The average molecular weight is 1190 g/mol. The standard InChI is InChI=1S/C61H79Cl2FN10O7S/c1-37-33-72(59(79)43-23-25-44(26-24-43)68-57(77)48-31-50(56(65)71-70-48)81-40(4)52-46(62)27-28-47(64)53(52)63)34-38(2)73(37)29-17-15-13-11-9-8-10-12-14-16-18-51(76)69-55(61(5,6)7)60(80)74-35-45(75)30-49(74)58(78)66-32-41-19-21-42(22-20-41)54-39(3)67-36-82-54/h19-28,31,36-38,40,45,49,55,75H,8-18,29-30,32-35H2,1-7H3,(H2,65,71)(H,66,78)(H,68,77)(H,69,76)/t37-,38+,40?,45-,49+,55?/m1/s1. The molecule has 2 fully saturated rings. The number of piperazine rings is 1. The number of β-amino-alcohol motifs (C(OH)–C–C–N with tert-alkyl or cyclic N) is 1. The smallest absolute Gasteiger partial charge is 0.276 e. The Labute approximate surface area is 495 Å². The number of benzene rings is 3. The van der Waals surface area contributed by atoms with E-state index in [2.05, 4.69) is 49.9 Å². The number of aliphatic hydroxyl groups excluding tert-OH is 1. The maximum Gasteiger partial charge on any atom is 0.276 e. The predicted octanol–water partition coefficient (Wildman–Crippen LogP) is 11.0. The lowest BCUT2D eigenvalue weighted by atomic mass is 9.85. The zero-order valence-electron chi connectivity index (χ0n) is 48.1. The van der Waals surface area contributed by atoms with Crippen molar-refractivity contribution in [2.24, 2.45) is 5.41 Å². The number of carbonyl (C=O) groups excluding carboxylic acids is 5. The number of nitrogen functional groups attached to an aromatic ring is 1. The highest BCUT2D eigenvalue weighted by atomic mass is 35.5. The number of rotatable bonds is 25. The summed E-state index contributed by atoms with van der Waals surface area (Å²) in [7, 11) is 0. The molecule has 6 atom stereocenters. The largest absolute Gasteiger partial charge is 0.482 e. The molecule has 5 amide bonds. The molecule has 0 saturated carbocycles. The van der Waals surface area contributed by atoms with Crippen LogP contribution in [0.25, 0.3) is 10.4 Å². The zero-order chi connectivity index (χ0) is 59.3. The van der Waals surface area contributed by atoms with Crippen molar-refractivity contribution in [3.8, 4) is 16.2 Å². The molecule has 5 aromatic rings. The minimum atomic E-state index is -0.853. The normalized spacial score (nSPS) is 18.2. The molecule has 4 heterocycles. The van der Waals surface area contributed by atoms with Crippen molar-refractivity contribution in [1.29, 1.82) is 0 Å². The van der Waals surface area contributed by atoms with Crippen LogP contribution in [0.4, 0.5) is 15.9 Å². The van der Waals surface area contributed by atoms with Crippen molar-refractivity contribution in [3.05, 3.63) is 116 Å². The van der Waals surface area contributed by atoms with E-state index < -0.39 is 41.4 Å². The second-order valence-electron chi connectivity index (χ2n) is 22.9. The molecule has 0 aliphatic carbocycles. The van der Waals surface area contributed by atoms with Crippen molar-refractivity contribution in [2.75, 3.05) is 37.2 Å². The number of aromatic nitrogens is 3. The van der Waals surface area contributed by atoms with Crippen molar-refractivity contribution >= 4 is 75.6 Å². The van der Waals surface area contributed by atoms with E-state index in [1.54, 1.807) is 42.5 Å². The van der Waals surface area contributed by atoms with Crippen LogP contribution in [0.3, 0.4) is 0 Å². The van der Waals surface area contributed by atoms with Crippen LogP contribution in [0.1, 0.15) is 162 Å². The maximum atomic E-state index is 14.2. The first-order valence-electron chi connectivity index (χ1n) is 28.5. The number of ether oxygens (including phenoxy) is 1. The molecular formula is C61H79Cl2FN10O7S. The molecule has 442 valence electrons. The molecule has 2 aliphatic rings. The fraction of sp³-hybridized carbons (Fsp3) is 0.508. The topological polar surface area (TPSA) is 225 Å². The van der Waals surface area contributed by atoms with Crippen LogP contribution in [-0.4, -0.2) is 121 Å². The van der Waals surface area contributed by atoms with Gasteiger partial charge in [0.1, 0.15) is 24.0 Å². The second kappa shape index (κ2) is 29.3. The Morgan fingerprint density at radius 3 is 2.12 bits per heavy atom. The van der Waals surface area contributed by atoms with Crippen LogP contribution in [0.15, 0.2) is 72.2 Å². The van der Waals surface area contributed by atoms with Crippen LogP contribution in [0.5, 0.6) is 5.75 Å². The number of nitrogens with two attached hydrogens (primary N) is 1. The van der Waals surface area contributed by atoms with Gasteiger partial charge in [0.2, 0.25) is 17.7 Å². The van der Waals surface area contributed by atoms with Crippen LogP contribution in [0.2, 0.25) is 10.0 Å². The van der Waals surface area contributed by atoms with Gasteiger partial charge < -0.3 is 41.3 Å². The minimum Gasteiger partial charge on any atom is -0.482 e. The number of halogens is 3. The quantitative estimate of drug-likeness (QED) is 0.0272. The van der Waals surface area contributed by atoms with Gasteiger partial charge in [0.25, 0.3) is 11.8 Å². The molecule has 17 nitrogen and oxygen atoms in total. The Morgan fingerprint density at radius 1 is 0.866 bits per heavy atom. The number of hydrogen-bond acceptors (Lipinski definition) is 13. The summed E-state index contributed by atoms with van der Waals surface area (Å²) >= 11 is 14.0. The summed E-state index contributed by atoms with van der Waals surface area (Å²) in [5, 5.41) is 27.1. The van der Waals surface area contributed by atoms with Gasteiger partial charge in [-0.2, -0.15) is 0 Å². The fourth-order valence-corrected chi connectivity index (χ4v) is 12.3. The fourth-order valence-electron chi connectivity index (χ4n) is 10.8. The molecule has 82 heavy (non-hydrogen) atoms. The van der Waals surface area contributed by atoms with Crippen LogP contribution >= 0.6 is 34.5 Å². The van der Waals surface area contributed by atoms with E-state index in [1.165, 1.54) is 36.3 Å². The summed E-state index contributed by atoms with van der Waals surface area (Å²) in [6.45, 7) is 16.1. The molecular weight excluding hydrogens is 1110 g/mol. The summed E-state index contributed by atoms with van der Waals surface area (Å²) in [5.74, 6) is -2.26. The highest BCUT2D eigenvalue weighted by Crippen LogP contribution is 2.36. The van der Waals surface area contributed by atoms with Gasteiger partial charge in [-0.1, -0.05) is 120 Å². The molecule has 2 unspecified atom stereocenters. The van der Waals surface area contributed by atoms with Crippen molar-refractivity contribution in [2.45, 2.75) is 168 Å². The number of likely N-dealkylation sites (tertiary alicyclic amines) is 1. The first-order valence-corrected chi connectivity index (χ1v) is 30.2. The lowest BCUT2D eigenvalue weighted by Crippen LogP contribution is -2.58. The van der Waals surface area contributed by atoms with Gasteiger partial charge >= 0.3 is 0 Å². The SMILES string of the molecule is Cc1ncsc1-c1ccc(CNC(=O)[C@@H]2C[C@@H](O)CN2C(=O)C(NC(=O)CCCCCCCCCCCCN2[C@H](C)CN(C(=O)c3ccc(NC(=O)c4cc(OC(C)c5c(Cl)ccc(F)c5Cl)c(N)nn4)cc3)C[C@@H]2C)C(C)(C)C)cc1. The number of anilines is 2. The van der Waals surface area contributed by atoms with E-state index in [0.717, 1.165) is 79.3 Å². The van der Waals surface area contributed by atoms with Gasteiger partial charge in [-0.3, -0.25) is 28.9 Å². The Morgan fingerprint density at radius 2 is 1.50 bits per heavy atom. The molecule has 0 bridgehead atoms. The Kier molecular flexibility index (Phi) is 22.6. The van der Waals surface area contributed by atoms with Gasteiger partial charge in [0.15, 0.2) is 17.3 Å². The monoisotopic (exact) mass is 1180 g/mol. The first-order chi connectivity index (χ1) is 39.1. The highest BCUT2D eigenvalue weighted by molar-refractivity contribution is 7.13. The lowest BCUT2D eigenvalue weighted by Gasteiger charge is -2.44. The third-order valence-electron chi connectivity index (χ3n) is 15.4. The number of carbonyl (C=O) groups is 5. The molecule has 0 spiro atoms. The number of aliphatic hydroxyl groups is 1. The molecule has 2 aromatic heterocycles. The summed E-state index contributed by atoms with van der Waals surface area (Å²) in [5.41, 5.74) is 11.2. The van der Waals surface area contributed by atoms with E-state index in [1.807, 2.05) is 62.4 Å².